The van der Waals surface area contributed by atoms with Crippen LogP contribution >= 0.6 is 38.7 Å². The largest absolute Gasteiger partial charge is 0.356 e. The highest BCUT2D eigenvalue weighted by Crippen LogP contribution is 2.76. The summed E-state index contributed by atoms with van der Waals surface area (Å²) < 4.78 is 50.2. The molecule has 0 aromatic heterocycles. The third-order valence-corrected chi connectivity index (χ3v) is 12.6. The standard InChI is InChI=1S/C20H36O6P2S2/c1-14(2)23-27(21,24-15(3)4)20(28(22,25-16(5)6)26-17(7)8)30-19-12-10-18(29-9)11-13-19/h10-17,20H,1-9H3. The first kappa shape index (κ1) is 28.3. The zero-order valence-corrected chi connectivity index (χ0v) is 22.8. The highest BCUT2D eigenvalue weighted by molar-refractivity contribution is 8.12. The first-order chi connectivity index (χ1) is 13.8. The van der Waals surface area contributed by atoms with Crippen LogP contribution in [0, 0.1) is 0 Å². The van der Waals surface area contributed by atoms with Gasteiger partial charge in [-0.3, -0.25) is 9.13 Å². The van der Waals surface area contributed by atoms with Gasteiger partial charge in [-0.25, -0.2) is 0 Å². The summed E-state index contributed by atoms with van der Waals surface area (Å²) in [6, 6.07) is 7.71. The summed E-state index contributed by atoms with van der Waals surface area (Å²) in [5.41, 5.74) is 0. The SMILES string of the molecule is CSc1ccc(SC(P(=O)(OC(C)C)OC(C)C)P(=O)(OC(C)C)OC(C)C)cc1. The van der Waals surface area contributed by atoms with E-state index in [-0.39, 0.29) is 0 Å². The average Bonchev–Trinajstić information content (AvgIpc) is 2.56. The van der Waals surface area contributed by atoms with Crippen molar-refractivity contribution in [1.82, 2.24) is 0 Å². The van der Waals surface area contributed by atoms with Crippen LogP contribution in [0.4, 0.5) is 0 Å². The maximum Gasteiger partial charge on any atom is 0.356 e. The lowest BCUT2D eigenvalue weighted by molar-refractivity contribution is 0.129. The molecule has 10 heteroatoms. The molecule has 0 fully saturated rings. The van der Waals surface area contributed by atoms with Crippen molar-refractivity contribution >= 4 is 38.7 Å². The molecule has 0 aliphatic carbocycles. The minimum atomic E-state index is -3.92. The van der Waals surface area contributed by atoms with Gasteiger partial charge < -0.3 is 18.1 Å². The molecule has 1 aromatic rings. The molecule has 30 heavy (non-hydrogen) atoms. The van der Waals surface area contributed by atoms with Gasteiger partial charge in [0.25, 0.3) is 0 Å². The van der Waals surface area contributed by atoms with E-state index in [0.717, 1.165) is 21.6 Å². The Balaban J connectivity index is 3.56. The van der Waals surface area contributed by atoms with Crippen molar-refractivity contribution in [2.45, 2.75) is 94.3 Å². The lowest BCUT2D eigenvalue weighted by Crippen LogP contribution is -2.21. The van der Waals surface area contributed by atoms with Crippen molar-refractivity contribution in [1.29, 1.82) is 0 Å². The zero-order chi connectivity index (χ0) is 23.1. The van der Waals surface area contributed by atoms with Crippen LogP contribution in [0.1, 0.15) is 55.4 Å². The van der Waals surface area contributed by atoms with Gasteiger partial charge in [0.15, 0.2) is 0 Å². The van der Waals surface area contributed by atoms with E-state index in [0.29, 0.717) is 0 Å². The van der Waals surface area contributed by atoms with Gasteiger partial charge in [-0.05, 0) is 85.9 Å². The lowest BCUT2D eigenvalue weighted by atomic mass is 10.4. The Labute approximate surface area is 190 Å². The van der Waals surface area contributed by atoms with Crippen LogP contribution in [0.2, 0.25) is 0 Å². The average molecular weight is 499 g/mol. The minimum Gasteiger partial charge on any atom is -0.305 e. The smallest absolute Gasteiger partial charge is 0.305 e. The Kier molecular flexibility index (Phi) is 11.7. The van der Waals surface area contributed by atoms with E-state index in [9.17, 15) is 9.13 Å². The molecule has 6 nitrogen and oxygen atoms in total. The van der Waals surface area contributed by atoms with Crippen LogP contribution in [-0.4, -0.2) is 35.4 Å². The van der Waals surface area contributed by atoms with E-state index in [4.69, 9.17) is 18.1 Å². The van der Waals surface area contributed by atoms with E-state index >= 15 is 0 Å². The van der Waals surface area contributed by atoms with Gasteiger partial charge in [0.2, 0.25) is 4.73 Å². The van der Waals surface area contributed by atoms with Crippen LogP contribution in [0.5, 0.6) is 0 Å². The van der Waals surface area contributed by atoms with Crippen molar-refractivity contribution in [3.63, 3.8) is 0 Å². The summed E-state index contributed by atoms with van der Waals surface area (Å²) >= 11 is 2.78. The molecule has 0 N–H and O–H groups in total. The summed E-state index contributed by atoms with van der Waals surface area (Å²) in [6.07, 6.45) is 0.394. The topological polar surface area (TPSA) is 71.1 Å². The molecule has 0 bridgehead atoms. The number of benzene rings is 1. The molecular formula is C20H36O6P2S2. The van der Waals surface area contributed by atoms with Crippen molar-refractivity contribution in [3.05, 3.63) is 24.3 Å². The summed E-state index contributed by atoms with van der Waals surface area (Å²) in [5, 5.41) is 0. The van der Waals surface area contributed by atoms with Crippen LogP contribution in [-0.2, 0) is 27.2 Å². The second-order valence-corrected chi connectivity index (χ2v) is 15.0. The highest BCUT2D eigenvalue weighted by atomic mass is 32.2. The Morgan fingerprint density at radius 2 is 0.933 bits per heavy atom. The zero-order valence-electron chi connectivity index (χ0n) is 19.4. The van der Waals surface area contributed by atoms with Crippen molar-refractivity contribution in [2.75, 3.05) is 6.26 Å². The quantitative estimate of drug-likeness (QED) is 0.201. The van der Waals surface area contributed by atoms with Crippen LogP contribution < -0.4 is 0 Å². The van der Waals surface area contributed by atoms with Crippen LogP contribution in [0.25, 0.3) is 0 Å². The minimum absolute atomic E-state index is 0.400. The summed E-state index contributed by atoms with van der Waals surface area (Å²) in [7, 11) is -7.83. The molecule has 0 aliphatic heterocycles. The van der Waals surface area contributed by atoms with E-state index in [1.54, 1.807) is 67.2 Å². The fourth-order valence-corrected chi connectivity index (χ4v) is 10.7. The predicted octanol–water partition coefficient (Wildman–Crippen LogP) is 7.87. The maximum atomic E-state index is 14.1. The van der Waals surface area contributed by atoms with Crippen LogP contribution in [0.3, 0.4) is 0 Å². The molecule has 0 heterocycles. The molecular weight excluding hydrogens is 462 g/mol. The second-order valence-electron chi connectivity index (χ2n) is 7.82. The maximum absolute atomic E-state index is 14.1. The van der Waals surface area contributed by atoms with Gasteiger partial charge in [-0.1, -0.05) is 11.8 Å². The Bertz CT molecular complexity index is 671. The Morgan fingerprint density at radius 3 is 1.20 bits per heavy atom. The number of hydrogen-bond acceptors (Lipinski definition) is 8. The number of hydrogen-bond donors (Lipinski definition) is 0. The van der Waals surface area contributed by atoms with Gasteiger partial charge in [0, 0.05) is 9.79 Å². The summed E-state index contributed by atoms with van der Waals surface area (Å²) in [6.45, 7) is 14.1. The second kappa shape index (κ2) is 12.5. The molecule has 0 amide bonds. The van der Waals surface area contributed by atoms with Gasteiger partial charge >= 0.3 is 15.2 Å². The number of rotatable bonds is 13. The first-order valence-electron chi connectivity index (χ1n) is 10.0. The fraction of sp³-hybridized carbons (Fsp3) is 0.700. The molecule has 0 saturated carbocycles. The predicted molar refractivity (Wildman–Crippen MR) is 128 cm³/mol. The van der Waals surface area contributed by atoms with Crippen LogP contribution in [0.15, 0.2) is 34.1 Å². The molecule has 1 aromatic carbocycles. The Morgan fingerprint density at radius 1 is 0.633 bits per heavy atom. The normalized spacial score (nSPS) is 13.4. The van der Waals surface area contributed by atoms with Crippen molar-refractivity contribution in [2.24, 2.45) is 0 Å². The third-order valence-electron chi connectivity index (χ3n) is 3.27. The lowest BCUT2D eigenvalue weighted by Gasteiger charge is -2.34. The molecule has 0 atom stereocenters. The van der Waals surface area contributed by atoms with E-state index < -0.39 is 44.3 Å². The molecule has 0 saturated heterocycles. The fourth-order valence-electron chi connectivity index (χ4n) is 2.51. The first-order valence-corrected chi connectivity index (χ1v) is 15.4. The molecule has 0 radical (unpaired) electrons. The molecule has 0 unspecified atom stereocenters. The molecule has 1 rings (SSSR count). The van der Waals surface area contributed by atoms with Gasteiger partial charge in [0.05, 0.1) is 24.4 Å². The highest BCUT2D eigenvalue weighted by Gasteiger charge is 2.53. The monoisotopic (exact) mass is 498 g/mol. The molecule has 0 aliphatic rings. The molecule has 174 valence electrons. The number of thioether (sulfide) groups is 2. The van der Waals surface area contributed by atoms with Gasteiger partial charge in [-0.2, -0.15) is 0 Å². The van der Waals surface area contributed by atoms with Crippen molar-refractivity contribution < 1.29 is 27.2 Å². The summed E-state index contributed by atoms with van der Waals surface area (Å²) in [4.78, 5) is 1.87. The van der Waals surface area contributed by atoms with E-state index in [1.165, 1.54) is 0 Å². The van der Waals surface area contributed by atoms with Gasteiger partial charge in [-0.15, -0.1) is 11.8 Å². The Hall–Kier alpha value is 0.220. The van der Waals surface area contributed by atoms with Gasteiger partial charge in [0.1, 0.15) is 0 Å². The molecule has 0 spiro atoms. The summed E-state index contributed by atoms with van der Waals surface area (Å²) in [5.74, 6) is 0. The van der Waals surface area contributed by atoms with E-state index in [2.05, 4.69) is 0 Å². The third kappa shape index (κ3) is 8.99. The van der Waals surface area contributed by atoms with E-state index in [1.807, 2.05) is 30.5 Å². The van der Waals surface area contributed by atoms with Crippen molar-refractivity contribution in [3.8, 4) is 0 Å².